The third kappa shape index (κ3) is 11.8. The minimum absolute atomic E-state index is 0.250. The number of nitrogens with two attached hydrogens (primary N) is 1. The van der Waals surface area contributed by atoms with E-state index in [2.05, 4.69) is 32.8 Å². The van der Waals surface area contributed by atoms with Crippen LogP contribution in [0.1, 0.15) is 39.2 Å². The van der Waals surface area contributed by atoms with E-state index in [1.54, 1.807) is 33.1 Å². The number of hydrogen-bond acceptors (Lipinski definition) is 7. The molecule has 0 aromatic heterocycles. The van der Waals surface area contributed by atoms with Crippen LogP contribution in [0.3, 0.4) is 0 Å². The Labute approximate surface area is 230 Å². The number of rotatable bonds is 13. The number of alkyl halides is 1. The molecule has 1 aliphatic rings. The van der Waals surface area contributed by atoms with Crippen LogP contribution in [0.15, 0.2) is 48.0 Å². The molecular weight excluding hydrogens is 504 g/mol. The molecule has 1 aliphatic heterocycles. The van der Waals surface area contributed by atoms with Crippen LogP contribution in [-0.2, 0) is 9.53 Å². The summed E-state index contributed by atoms with van der Waals surface area (Å²) in [5, 5.41) is 6.36. The van der Waals surface area contributed by atoms with Gasteiger partial charge in [-0.2, -0.15) is 0 Å². The number of carbonyl (C=O) groups excluding carboxylic acids is 1. The first-order valence-corrected chi connectivity index (χ1v) is 13.1. The van der Waals surface area contributed by atoms with Crippen LogP contribution in [0.4, 0.5) is 25.8 Å². The lowest BCUT2D eigenvalue weighted by Crippen LogP contribution is -2.37. The summed E-state index contributed by atoms with van der Waals surface area (Å²) in [6.45, 7) is 14.3. The molecule has 1 heterocycles. The number of anilines is 2. The highest BCUT2D eigenvalue weighted by molar-refractivity contribution is 5.83. The van der Waals surface area contributed by atoms with E-state index in [0.717, 1.165) is 50.6 Å². The quantitative estimate of drug-likeness (QED) is 0.177. The average molecular weight is 546 g/mol. The van der Waals surface area contributed by atoms with E-state index in [4.69, 9.17) is 14.3 Å². The van der Waals surface area contributed by atoms with E-state index in [1.165, 1.54) is 6.07 Å². The van der Waals surface area contributed by atoms with E-state index in [9.17, 15) is 4.39 Å². The van der Waals surface area contributed by atoms with Crippen LogP contribution in [0.25, 0.3) is 5.70 Å². The normalized spacial score (nSPS) is 13.9. The number of aliphatic imine (C=N–C) groups is 1. The van der Waals surface area contributed by atoms with Gasteiger partial charge in [0, 0.05) is 61.6 Å². The monoisotopic (exact) mass is 545 g/mol. The third-order valence-electron chi connectivity index (χ3n) is 5.83. The van der Waals surface area contributed by atoms with Crippen LogP contribution in [0.2, 0.25) is 0 Å². The number of ether oxygens (including phenoxy) is 2. The predicted molar refractivity (Wildman–Crippen MR) is 155 cm³/mol. The summed E-state index contributed by atoms with van der Waals surface area (Å²) in [7, 11) is 0. The number of nitrogens with one attached hydrogen (secondary N) is 2. The van der Waals surface area contributed by atoms with Gasteiger partial charge in [0.25, 0.3) is 0 Å². The number of hydrogen-bond donors (Lipinski definition) is 3. The van der Waals surface area contributed by atoms with Gasteiger partial charge in [0.2, 0.25) is 6.41 Å². The molecule has 0 aliphatic carbocycles. The molecule has 0 unspecified atom stereocenters. The minimum Gasteiger partial charge on any atom is -0.493 e. The van der Waals surface area contributed by atoms with Crippen molar-refractivity contribution < 1.29 is 23.0 Å². The fourth-order valence-electron chi connectivity index (χ4n) is 3.91. The zero-order valence-corrected chi connectivity index (χ0v) is 23.1. The van der Waals surface area contributed by atoms with Crippen molar-refractivity contribution in [2.24, 2.45) is 10.7 Å². The second-order valence-corrected chi connectivity index (χ2v) is 9.56. The SMILES string of the molecule is C=C(Nc1ccc(NCCC(C)(C)F)cc1)c1c(F)cc(OCCCN2CCOCC2)cc1N=CC.NC=O. The number of halogens is 2. The molecule has 10 heteroatoms. The second-order valence-electron chi connectivity index (χ2n) is 9.56. The lowest BCUT2D eigenvalue weighted by atomic mass is 10.1. The van der Waals surface area contributed by atoms with E-state index in [0.29, 0.717) is 42.3 Å². The molecular formula is C29H41F2N5O3. The molecule has 0 spiro atoms. The van der Waals surface area contributed by atoms with Crippen LogP contribution < -0.4 is 21.1 Å². The molecule has 0 bridgehead atoms. The van der Waals surface area contributed by atoms with Crippen molar-refractivity contribution in [2.45, 2.75) is 39.3 Å². The first kappa shape index (κ1) is 31.7. The van der Waals surface area contributed by atoms with Crippen molar-refractivity contribution in [3.63, 3.8) is 0 Å². The molecule has 8 nitrogen and oxygen atoms in total. The van der Waals surface area contributed by atoms with Gasteiger partial charge in [-0.1, -0.05) is 6.58 Å². The van der Waals surface area contributed by atoms with Gasteiger partial charge in [-0.05, 0) is 57.9 Å². The molecule has 0 atom stereocenters. The lowest BCUT2D eigenvalue weighted by molar-refractivity contribution is -0.106. The maximum Gasteiger partial charge on any atom is 0.204 e. The largest absolute Gasteiger partial charge is 0.493 e. The van der Waals surface area contributed by atoms with Gasteiger partial charge >= 0.3 is 0 Å². The van der Waals surface area contributed by atoms with Crippen molar-refractivity contribution >= 4 is 35.4 Å². The maximum atomic E-state index is 15.2. The van der Waals surface area contributed by atoms with Gasteiger partial charge in [-0.15, -0.1) is 0 Å². The Morgan fingerprint density at radius 2 is 1.87 bits per heavy atom. The summed E-state index contributed by atoms with van der Waals surface area (Å²) < 4.78 is 40.0. The molecule has 1 amide bonds. The summed E-state index contributed by atoms with van der Waals surface area (Å²) in [4.78, 5) is 15.3. The summed E-state index contributed by atoms with van der Waals surface area (Å²) >= 11 is 0. The van der Waals surface area contributed by atoms with Crippen molar-refractivity contribution in [2.75, 3.05) is 56.6 Å². The standard InChI is InChI=1S/C28H38F2N4O2.CH3NO/c1-5-31-26-20-24(36-16-6-13-34-14-17-35-18-15-34)19-25(29)27(26)21(2)33-23-9-7-22(8-10-23)32-12-11-28(3,4)30;2-1-3/h5,7-10,19-20,32-33H,2,6,11-18H2,1,3-4H3;1H,(H2,2,3). The van der Waals surface area contributed by atoms with Crippen molar-refractivity contribution in [1.29, 1.82) is 0 Å². The zero-order chi connectivity index (χ0) is 28.7. The number of morpholine rings is 1. The Hall–Kier alpha value is -3.50. The fraction of sp³-hybridized carbons (Fsp3) is 0.448. The molecule has 39 heavy (non-hydrogen) atoms. The van der Waals surface area contributed by atoms with Gasteiger partial charge in [-0.25, -0.2) is 8.78 Å². The Kier molecular flexibility index (Phi) is 13.4. The van der Waals surface area contributed by atoms with Crippen LogP contribution >= 0.6 is 0 Å². The molecule has 4 N–H and O–H groups in total. The Morgan fingerprint density at radius 3 is 2.49 bits per heavy atom. The number of carbonyl (C=O) groups is 1. The average Bonchev–Trinajstić information content (AvgIpc) is 2.88. The van der Waals surface area contributed by atoms with Gasteiger partial charge in [-0.3, -0.25) is 14.7 Å². The topological polar surface area (TPSA) is 101 Å². The van der Waals surface area contributed by atoms with E-state index in [-0.39, 0.29) is 6.41 Å². The maximum absolute atomic E-state index is 15.2. The number of primary amides is 1. The zero-order valence-electron chi connectivity index (χ0n) is 23.1. The van der Waals surface area contributed by atoms with Gasteiger partial charge in [0.15, 0.2) is 0 Å². The highest BCUT2D eigenvalue weighted by atomic mass is 19.1. The first-order valence-electron chi connectivity index (χ1n) is 13.1. The number of amides is 1. The van der Waals surface area contributed by atoms with Gasteiger partial charge in [0.05, 0.1) is 31.1 Å². The molecule has 2 aromatic rings. The number of nitrogens with zero attached hydrogens (tertiary/aromatic N) is 2. The van der Waals surface area contributed by atoms with Crippen molar-refractivity contribution in [3.8, 4) is 5.75 Å². The molecule has 2 aromatic carbocycles. The molecule has 0 radical (unpaired) electrons. The Morgan fingerprint density at radius 1 is 1.23 bits per heavy atom. The Bertz CT molecular complexity index is 1070. The van der Waals surface area contributed by atoms with Gasteiger partial charge in [0.1, 0.15) is 17.2 Å². The molecule has 3 rings (SSSR count). The summed E-state index contributed by atoms with van der Waals surface area (Å²) in [6.07, 6.45) is 3.13. The van der Waals surface area contributed by atoms with E-state index < -0.39 is 11.5 Å². The molecule has 1 fully saturated rings. The summed E-state index contributed by atoms with van der Waals surface area (Å²) in [5.74, 6) is -0.00980. The molecule has 214 valence electrons. The molecule has 1 saturated heterocycles. The van der Waals surface area contributed by atoms with Crippen molar-refractivity contribution in [1.82, 2.24) is 4.90 Å². The van der Waals surface area contributed by atoms with Crippen LogP contribution in [-0.4, -0.2) is 69.2 Å². The van der Waals surface area contributed by atoms with E-state index in [1.807, 2.05) is 24.3 Å². The number of benzene rings is 2. The molecule has 0 saturated carbocycles. The Balaban J connectivity index is 0.00000170. The summed E-state index contributed by atoms with van der Waals surface area (Å²) in [5.41, 5.74) is 5.73. The lowest BCUT2D eigenvalue weighted by Gasteiger charge is -2.26. The first-order chi connectivity index (χ1) is 18.7. The predicted octanol–water partition coefficient (Wildman–Crippen LogP) is 5.38. The second kappa shape index (κ2) is 16.5. The van der Waals surface area contributed by atoms with Crippen LogP contribution in [0, 0.1) is 5.82 Å². The summed E-state index contributed by atoms with van der Waals surface area (Å²) in [6, 6.07) is 10.6. The van der Waals surface area contributed by atoms with E-state index >= 15 is 4.39 Å². The van der Waals surface area contributed by atoms with Crippen molar-refractivity contribution in [3.05, 3.63) is 54.4 Å². The minimum atomic E-state index is -1.21. The smallest absolute Gasteiger partial charge is 0.204 e. The highest BCUT2D eigenvalue weighted by Crippen LogP contribution is 2.33. The van der Waals surface area contributed by atoms with Gasteiger partial charge < -0.3 is 25.8 Å². The third-order valence-corrected chi connectivity index (χ3v) is 5.83. The highest BCUT2D eigenvalue weighted by Gasteiger charge is 2.16. The van der Waals surface area contributed by atoms with Crippen LogP contribution in [0.5, 0.6) is 5.75 Å². The fourth-order valence-corrected chi connectivity index (χ4v) is 3.91.